The summed E-state index contributed by atoms with van der Waals surface area (Å²) in [7, 11) is 1.72. The van der Waals surface area contributed by atoms with Crippen LogP contribution in [0.1, 0.15) is 16.7 Å². The summed E-state index contributed by atoms with van der Waals surface area (Å²) in [5.74, 6) is 0. The fraction of sp³-hybridized carbons (Fsp3) is 0.333. The molecule has 0 radical (unpaired) electrons. The van der Waals surface area contributed by atoms with E-state index in [9.17, 15) is 0 Å². The van der Waals surface area contributed by atoms with Crippen molar-refractivity contribution in [2.45, 2.75) is 30.2 Å². The number of methoxy groups -OCH3 is 1. The summed E-state index contributed by atoms with van der Waals surface area (Å²) in [5.41, 5.74) is 3.95. The molecule has 0 saturated carbocycles. The maximum atomic E-state index is 5.02. The Morgan fingerprint density at radius 1 is 1.05 bits per heavy atom. The molecule has 0 amide bonds. The second-order valence-electron chi connectivity index (χ2n) is 5.18. The van der Waals surface area contributed by atoms with E-state index in [1.165, 1.54) is 26.5 Å². The Morgan fingerprint density at radius 3 is 2.48 bits per heavy atom. The van der Waals surface area contributed by atoms with Gasteiger partial charge in [0.2, 0.25) is 0 Å². The summed E-state index contributed by atoms with van der Waals surface area (Å²) in [5, 5.41) is 3.36. The molecule has 2 aromatic carbocycles. The van der Waals surface area contributed by atoms with Crippen molar-refractivity contribution in [2.24, 2.45) is 0 Å². The van der Waals surface area contributed by atoms with Crippen LogP contribution in [0, 0.1) is 13.8 Å². The first-order valence-electron chi connectivity index (χ1n) is 7.23. The summed E-state index contributed by atoms with van der Waals surface area (Å²) < 4.78 is 5.02. The Labute approximate surface area is 131 Å². The molecule has 2 nitrogen and oxygen atoms in total. The van der Waals surface area contributed by atoms with E-state index < -0.39 is 0 Å². The lowest BCUT2D eigenvalue weighted by Crippen LogP contribution is -2.18. The predicted molar refractivity (Wildman–Crippen MR) is 90.1 cm³/mol. The first-order valence-corrected chi connectivity index (χ1v) is 8.04. The van der Waals surface area contributed by atoms with Crippen molar-refractivity contribution in [1.29, 1.82) is 0 Å². The number of hydrogen-bond donors (Lipinski definition) is 1. The van der Waals surface area contributed by atoms with Crippen LogP contribution in [-0.2, 0) is 11.3 Å². The van der Waals surface area contributed by atoms with Gasteiger partial charge in [0, 0.05) is 30.0 Å². The van der Waals surface area contributed by atoms with Crippen molar-refractivity contribution in [3.8, 4) is 0 Å². The molecule has 0 unspecified atom stereocenters. The zero-order valence-electron chi connectivity index (χ0n) is 13.0. The number of hydrogen-bond acceptors (Lipinski definition) is 3. The Kier molecular flexibility index (Phi) is 6.30. The van der Waals surface area contributed by atoms with Crippen molar-refractivity contribution < 1.29 is 4.74 Å². The Bertz CT molecular complexity index is 566. The minimum absolute atomic E-state index is 0.751. The minimum atomic E-state index is 0.751. The number of ether oxygens (including phenoxy) is 1. The zero-order valence-corrected chi connectivity index (χ0v) is 13.8. The second-order valence-corrected chi connectivity index (χ2v) is 6.30. The number of benzene rings is 2. The summed E-state index contributed by atoms with van der Waals surface area (Å²) >= 11 is 1.82. The van der Waals surface area contributed by atoms with Gasteiger partial charge in [-0.25, -0.2) is 0 Å². The fourth-order valence-corrected chi connectivity index (χ4v) is 3.01. The van der Waals surface area contributed by atoms with Gasteiger partial charge in [0.15, 0.2) is 0 Å². The van der Waals surface area contributed by atoms with Crippen LogP contribution in [0.15, 0.2) is 52.3 Å². The fourth-order valence-electron chi connectivity index (χ4n) is 2.12. The molecule has 0 aliphatic rings. The smallest absolute Gasteiger partial charge is 0.0587 e. The minimum Gasteiger partial charge on any atom is -0.383 e. The predicted octanol–water partition coefficient (Wildman–Crippen LogP) is 4.19. The van der Waals surface area contributed by atoms with Crippen LogP contribution >= 0.6 is 11.8 Å². The van der Waals surface area contributed by atoms with Gasteiger partial charge >= 0.3 is 0 Å². The third-order valence-corrected chi connectivity index (χ3v) is 4.48. The highest BCUT2D eigenvalue weighted by atomic mass is 32.2. The molecular weight excluding hydrogens is 278 g/mol. The molecule has 0 aromatic heterocycles. The molecule has 0 aliphatic heterocycles. The monoisotopic (exact) mass is 301 g/mol. The standard InChI is InChI=1S/C18H23NOS/c1-14-4-9-18(15(2)12-14)21-17-7-5-16(6-8-17)13-19-10-11-20-3/h4-9,12,19H,10-11,13H2,1-3H3. The van der Waals surface area contributed by atoms with E-state index in [2.05, 4.69) is 61.6 Å². The Balaban J connectivity index is 1.92. The first kappa shape index (κ1) is 16.1. The second kappa shape index (κ2) is 8.23. The molecule has 21 heavy (non-hydrogen) atoms. The van der Waals surface area contributed by atoms with Crippen LogP contribution in [0.3, 0.4) is 0 Å². The number of nitrogens with one attached hydrogen (secondary N) is 1. The van der Waals surface area contributed by atoms with Gasteiger partial charge in [0.05, 0.1) is 6.61 Å². The van der Waals surface area contributed by atoms with Gasteiger partial charge in [-0.05, 0) is 43.2 Å². The average molecular weight is 301 g/mol. The molecule has 0 atom stereocenters. The van der Waals surface area contributed by atoms with E-state index in [4.69, 9.17) is 4.74 Å². The molecule has 2 aromatic rings. The molecule has 2 rings (SSSR count). The number of aryl methyl sites for hydroxylation is 2. The third kappa shape index (κ3) is 5.20. The van der Waals surface area contributed by atoms with Crippen LogP contribution in [0.5, 0.6) is 0 Å². The van der Waals surface area contributed by atoms with Crippen LogP contribution in [0.4, 0.5) is 0 Å². The molecule has 112 valence electrons. The SMILES string of the molecule is COCCNCc1ccc(Sc2ccc(C)cc2C)cc1. The van der Waals surface area contributed by atoms with Crippen LogP contribution in [0.25, 0.3) is 0 Å². The summed E-state index contributed by atoms with van der Waals surface area (Å²) in [4.78, 5) is 2.61. The quantitative estimate of drug-likeness (QED) is 0.775. The van der Waals surface area contributed by atoms with Gasteiger partial charge in [-0.2, -0.15) is 0 Å². The maximum Gasteiger partial charge on any atom is 0.0587 e. The summed E-state index contributed by atoms with van der Waals surface area (Å²) in [6.07, 6.45) is 0. The Hall–Kier alpha value is -1.29. The van der Waals surface area contributed by atoms with E-state index in [-0.39, 0.29) is 0 Å². The van der Waals surface area contributed by atoms with Gasteiger partial charge in [0.1, 0.15) is 0 Å². The third-order valence-electron chi connectivity index (χ3n) is 3.29. The van der Waals surface area contributed by atoms with Crippen molar-refractivity contribution >= 4 is 11.8 Å². The molecule has 3 heteroatoms. The molecule has 0 bridgehead atoms. The molecule has 0 aliphatic carbocycles. The molecule has 1 N–H and O–H groups in total. The first-order chi connectivity index (χ1) is 10.2. The van der Waals surface area contributed by atoms with Crippen molar-refractivity contribution in [3.63, 3.8) is 0 Å². The van der Waals surface area contributed by atoms with Gasteiger partial charge in [-0.1, -0.05) is 41.6 Å². The number of rotatable bonds is 7. The lowest BCUT2D eigenvalue weighted by atomic mass is 10.2. The van der Waals surface area contributed by atoms with Gasteiger partial charge < -0.3 is 10.1 Å². The zero-order chi connectivity index (χ0) is 15.1. The lowest BCUT2D eigenvalue weighted by Gasteiger charge is -2.08. The van der Waals surface area contributed by atoms with Gasteiger partial charge in [-0.15, -0.1) is 0 Å². The molecule has 0 saturated heterocycles. The maximum absolute atomic E-state index is 5.02. The van der Waals surface area contributed by atoms with Crippen LogP contribution < -0.4 is 5.32 Å². The van der Waals surface area contributed by atoms with Crippen LogP contribution in [-0.4, -0.2) is 20.3 Å². The summed E-state index contributed by atoms with van der Waals surface area (Å²) in [6.45, 7) is 6.82. The highest BCUT2D eigenvalue weighted by Gasteiger charge is 2.02. The van der Waals surface area contributed by atoms with Crippen molar-refractivity contribution in [3.05, 3.63) is 59.2 Å². The molecule has 0 fully saturated rings. The average Bonchev–Trinajstić information content (AvgIpc) is 2.48. The van der Waals surface area contributed by atoms with Crippen molar-refractivity contribution in [2.75, 3.05) is 20.3 Å². The normalized spacial score (nSPS) is 10.8. The van der Waals surface area contributed by atoms with E-state index >= 15 is 0 Å². The molecule has 0 spiro atoms. The largest absolute Gasteiger partial charge is 0.383 e. The lowest BCUT2D eigenvalue weighted by molar-refractivity contribution is 0.199. The molecular formula is C18H23NOS. The Morgan fingerprint density at radius 2 is 1.81 bits per heavy atom. The van der Waals surface area contributed by atoms with Gasteiger partial charge in [-0.3, -0.25) is 0 Å². The van der Waals surface area contributed by atoms with Crippen molar-refractivity contribution in [1.82, 2.24) is 5.32 Å². The van der Waals surface area contributed by atoms with Crippen LogP contribution in [0.2, 0.25) is 0 Å². The van der Waals surface area contributed by atoms with E-state index in [1.54, 1.807) is 7.11 Å². The van der Waals surface area contributed by atoms with Gasteiger partial charge in [0.25, 0.3) is 0 Å². The molecule has 0 heterocycles. The highest BCUT2D eigenvalue weighted by Crippen LogP contribution is 2.30. The van der Waals surface area contributed by atoms with E-state index in [0.29, 0.717) is 0 Å². The summed E-state index contributed by atoms with van der Waals surface area (Å²) in [6, 6.07) is 15.4. The van der Waals surface area contributed by atoms with E-state index in [0.717, 1.165) is 19.7 Å². The highest BCUT2D eigenvalue weighted by molar-refractivity contribution is 7.99. The van der Waals surface area contributed by atoms with E-state index in [1.807, 2.05) is 11.8 Å². The topological polar surface area (TPSA) is 21.3 Å².